The molecule has 0 heterocycles. The monoisotopic (exact) mass is 361 g/mol. The Hall–Kier alpha value is -1.11. The molecule has 0 unspecified atom stereocenters. The number of ketones is 1. The number of carbonyl (C=O) groups excluding carboxylic acids is 2. The van der Waals surface area contributed by atoms with Crippen molar-refractivity contribution in [2.24, 2.45) is 17.8 Å². The van der Waals surface area contributed by atoms with Crippen molar-refractivity contribution in [1.29, 1.82) is 0 Å². The van der Waals surface area contributed by atoms with E-state index in [0.717, 1.165) is 0 Å². The van der Waals surface area contributed by atoms with E-state index in [9.17, 15) is 18.0 Å². The third-order valence-electron chi connectivity index (χ3n) is 4.20. The molecule has 0 bridgehead atoms. The molecular weight excluding hydrogens is 349 g/mol. The Morgan fingerprint density at radius 1 is 1.18 bits per heavy atom. The Morgan fingerprint density at radius 3 is 2.45 bits per heavy atom. The fraction of sp³-hybridized carbons (Fsp3) is 0.429. The number of sulfonamides is 1. The first-order valence-corrected chi connectivity index (χ1v) is 9.05. The van der Waals surface area contributed by atoms with Gasteiger partial charge in [-0.3, -0.25) is 9.59 Å². The van der Waals surface area contributed by atoms with Crippen molar-refractivity contribution >= 4 is 44.9 Å². The molecule has 0 radical (unpaired) electrons. The summed E-state index contributed by atoms with van der Waals surface area (Å²) in [5.74, 6) is -0.275. The van der Waals surface area contributed by atoms with Gasteiger partial charge in [-0.2, -0.15) is 0 Å². The maximum absolute atomic E-state index is 12.2. The highest BCUT2D eigenvalue weighted by Gasteiger charge is 2.51. The first-order chi connectivity index (χ1) is 10.3. The zero-order chi connectivity index (χ0) is 16.1. The summed E-state index contributed by atoms with van der Waals surface area (Å²) < 4.78 is 26.4. The van der Waals surface area contributed by atoms with Gasteiger partial charge in [0, 0.05) is 18.8 Å². The largest absolute Gasteiger partial charge is 0.300 e. The van der Waals surface area contributed by atoms with Crippen molar-refractivity contribution in [2.75, 3.05) is 0 Å². The van der Waals surface area contributed by atoms with E-state index in [-0.39, 0.29) is 38.5 Å². The normalized spacial score (nSPS) is 24.7. The van der Waals surface area contributed by atoms with Crippen LogP contribution in [0, 0.1) is 17.8 Å². The Labute approximate surface area is 138 Å². The van der Waals surface area contributed by atoms with Gasteiger partial charge in [0.1, 0.15) is 5.78 Å². The number of nitrogens with one attached hydrogen (secondary N) is 1. The van der Waals surface area contributed by atoms with E-state index in [1.165, 1.54) is 18.2 Å². The summed E-state index contributed by atoms with van der Waals surface area (Å²) in [6, 6.07) is 3.86. The highest BCUT2D eigenvalue weighted by molar-refractivity contribution is 7.90. The Balaban J connectivity index is 1.66. The zero-order valence-electron chi connectivity index (χ0n) is 11.4. The molecule has 1 N–H and O–H groups in total. The topological polar surface area (TPSA) is 80.3 Å². The highest BCUT2D eigenvalue weighted by atomic mass is 35.5. The molecule has 8 heteroatoms. The first kappa shape index (κ1) is 15.8. The summed E-state index contributed by atoms with van der Waals surface area (Å²) in [7, 11) is -3.96. The van der Waals surface area contributed by atoms with E-state index in [4.69, 9.17) is 23.2 Å². The van der Waals surface area contributed by atoms with Crippen LogP contribution < -0.4 is 4.72 Å². The van der Waals surface area contributed by atoms with Crippen molar-refractivity contribution in [2.45, 2.75) is 24.2 Å². The zero-order valence-corrected chi connectivity index (χ0v) is 13.7. The van der Waals surface area contributed by atoms with E-state index in [1.54, 1.807) is 0 Å². The number of hydrogen-bond donors (Lipinski definition) is 1. The molecule has 5 nitrogen and oxygen atoms in total. The van der Waals surface area contributed by atoms with Gasteiger partial charge in [0.05, 0.1) is 14.9 Å². The van der Waals surface area contributed by atoms with Gasteiger partial charge >= 0.3 is 0 Å². The minimum Gasteiger partial charge on any atom is -0.300 e. The molecule has 2 aliphatic rings. The van der Waals surface area contributed by atoms with Crippen molar-refractivity contribution in [1.82, 2.24) is 4.72 Å². The molecule has 0 spiro atoms. The summed E-state index contributed by atoms with van der Waals surface area (Å²) in [4.78, 5) is 22.9. The molecular formula is C14H13Cl2NO4S. The van der Waals surface area contributed by atoms with Crippen LogP contribution in [-0.2, 0) is 19.6 Å². The summed E-state index contributed by atoms with van der Waals surface area (Å²) in [5.41, 5.74) is 0. The minimum atomic E-state index is -3.96. The molecule has 0 aromatic heterocycles. The third kappa shape index (κ3) is 3.00. The lowest BCUT2D eigenvalue weighted by Crippen LogP contribution is -2.34. The first-order valence-electron chi connectivity index (χ1n) is 6.81. The quantitative estimate of drug-likeness (QED) is 0.892. The molecule has 1 aromatic carbocycles. The Morgan fingerprint density at radius 2 is 1.86 bits per heavy atom. The van der Waals surface area contributed by atoms with Crippen LogP contribution in [0.4, 0.5) is 0 Å². The van der Waals surface area contributed by atoms with E-state index >= 15 is 0 Å². The van der Waals surface area contributed by atoms with E-state index in [1.807, 2.05) is 0 Å². The second kappa shape index (κ2) is 5.51. The third-order valence-corrected chi connectivity index (χ3v) is 6.28. The fourth-order valence-corrected chi connectivity index (χ4v) is 4.19. The van der Waals surface area contributed by atoms with E-state index in [2.05, 4.69) is 4.72 Å². The number of amides is 1. The summed E-state index contributed by atoms with van der Waals surface area (Å²) in [6.07, 6.45) is 1.66. The predicted octanol–water partition coefficient (Wildman–Crippen LogP) is 2.41. The van der Waals surface area contributed by atoms with E-state index < -0.39 is 15.9 Å². The lowest BCUT2D eigenvalue weighted by Gasteiger charge is -2.23. The van der Waals surface area contributed by atoms with Gasteiger partial charge in [-0.05, 0) is 36.5 Å². The van der Waals surface area contributed by atoms with Gasteiger partial charge in [-0.25, -0.2) is 13.1 Å². The number of benzene rings is 1. The van der Waals surface area contributed by atoms with Crippen molar-refractivity contribution in [3.63, 3.8) is 0 Å². The maximum atomic E-state index is 12.2. The SMILES string of the molecule is O=C1CC([C@@H]2C[C@H]2C(=O)NS(=O)(=O)c2ccc(Cl)c(Cl)c2)C1. The Bertz CT molecular complexity index is 754. The van der Waals surface area contributed by atoms with Gasteiger partial charge in [0.25, 0.3) is 10.0 Å². The van der Waals surface area contributed by atoms with Crippen molar-refractivity contribution < 1.29 is 18.0 Å². The van der Waals surface area contributed by atoms with Crippen molar-refractivity contribution in [3.05, 3.63) is 28.2 Å². The molecule has 2 atom stereocenters. The van der Waals surface area contributed by atoms with Crippen LogP contribution in [0.15, 0.2) is 23.1 Å². The van der Waals surface area contributed by atoms with Crippen LogP contribution in [0.2, 0.25) is 10.0 Å². The van der Waals surface area contributed by atoms with Crippen LogP contribution in [-0.4, -0.2) is 20.1 Å². The number of carbonyl (C=O) groups is 2. The average molecular weight is 362 g/mol. The molecule has 22 heavy (non-hydrogen) atoms. The minimum absolute atomic E-state index is 0.105. The molecule has 3 rings (SSSR count). The van der Waals surface area contributed by atoms with Gasteiger partial charge in [0.15, 0.2) is 0 Å². The van der Waals surface area contributed by atoms with Gasteiger partial charge in [-0.15, -0.1) is 0 Å². The number of rotatable bonds is 4. The number of halogens is 2. The van der Waals surface area contributed by atoms with Crippen LogP contribution in [0.1, 0.15) is 19.3 Å². The maximum Gasteiger partial charge on any atom is 0.264 e. The van der Waals surface area contributed by atoms with Gasteiger partial charge < -0.3 is 0 Å². The molecule has 1 amide bonds. The average Bonchev–Trinajstić information content (AvgIpc) is 3.17. The smallest absolute Gasteiger partial charge is 0.264 e. The second-order valence-electron chi connectivity index (χ2n) is 5.76. The van der Waals surface area contributed by atoms with Crippen LogP contribution in [0.5, 0.6) is 0 Å². The lowest BCUT2D eigenvalue weighted by atomic mass is 9.79. The molecule has 2 aliphatic carbocycles. The molecule has 2 fully saturated rings. The highest BCUT2D eigenvalue weighted by Crippen LogP contribution is 2.50. The van der Waals surface area contributed by atoms with Gasteiger partial charge in [-0.1, -0.05) is 23.2 Å². The molecule has 0 aliphatic heterocycles. The second-order valence-corrected chi connectivity index (χ2v) is 8.26. The van der Waals surface area contributed by atoms with Crippen molar-refractivity contribution in [3.8, 4) is 0 Å². The van der Waals surface area contributed by atoms with Crippen LogP contribution in [0.25, 0.3) is 0 Å². The fourth-order valence-electron chi connectivity index (χ4n) is 2.78. The number of hydrogen-bond acceptors (Lipinski definition) is 4. The summed E-state index contributed by atoms with van der Waals surface area (Å²) in [5, 5.41) is 0.345. The summed E-state index contributed by atoms with van der Waals surface area (Å²) in [6.45, 7) is 0. The molecule has 1 aromatic rings. The predicted molar refractivity (Wildman–Crippen MR) is 81.1 cm³/mol. The lowest BCUT2D eigenvalue weighted by molar-refractivity contribution is -0.128. The van der Waals surface area contributed by atoms with Gasteiger partial charge in [0.2, 0.25) is 5.91 Å². The van der Waals surface area contributed by atoms with E-state index in [0.29, 0.717) is 19.3 Å². The number of Topliss-reactive ketones (excluding diaryl/α,β-unsaturated/α-hetero) is 1. The van der Waals surface area contributed by atoms with Crippen LogP contribution in [0.3, 0.4) is 0 Å². The van der Waals surface area contributed by atoms with Crippen LogP contribution >= 0.6 is 23.2 Å². The molecule has 2 saturated carbocycles. The standard InChI is InChI=1S/C14H13Cl2NO4S/c15-12-2-1-9(5-13(12)16)22(20,21)17-14(19)11-6-10(11)7-3-8(18)4-7/h1-2,5,7,10-11H,3-4,6H2,(H,17,19)/t10-,11+/m0/s1. The molecule has 118 valence electrons. The molecule has 0 saturated heterocycles. The Kier molecular flexibility index (Phi) is 3.95. The summed E-state index contributed by atoms with van der Waals surface area (Å²) >= 11 is 11.5.